The summed E-state index contributed by atoms with van der Waals surface area (Å²) in [7, 11) is 0. The number of rotatable bonds is 6. The molecule has 1 aromatic heterocycles. The Kier molecular flexibility index (Phi) is 5.65. The van der Waals surface area contributed by atoms with Crippen LogP contribution in [0.3, 0.4) is 0 Å². The highest BCUT2D eigenvalue weighted by Crippen LogP contribution is 2.27. The van der Waals surface area contributed by atoms with E-state index in [1.165, 1.54) is 6.92 Å². The quantitative estimate of drug-likeness (QED) is 0.762. The molecule has 0 saturated heterocycles. The van der Waals surface area contributed by atoms with E-state index in [9.17, 15) is 9.90 Å². The molecule has 6 nitrogen and oxygen atoms in total. The minimum absolute atomic E-state index is 0.0135. The minimum Gasteiger partial charge on any atom is -0.394 e. The van der Waals surface area contributed by atoms with Gasteiger partial charge in [-0.05, 0) is 18.1 Å². The standard InChI is InChI=1S/C17H22N4O2/c1-11(2)15(10-22)21-17-16(18-7-8-19-17)13-5-4-6-14(9-13)20-12(3)23/h4-9,11,15,22H,10H2,1-3H3,(H,19,21)(H,20,23)/t15-/m1/s1. The van der Waals surface area contributed by atoms with Gasteiger partial charge in [0.05, 0.1) is 12.6 Å². The fourth-order valence-electron chi connectivity index (χ4n) is 2.20. The maximum Gasteiger partial charge on any atom is 0.221 e. The second kappa shape index (κ2) is 7.69. The third-order valence-corrected chi connectivity index (χ3v) is 3.48. The van der Waals surface area contributed by atoms with Crippen molar-refractivity contribution in [2.75, 3.05) is 17.2 Å². The second-order valence-corrected chi connectivity index (χ2v) is 5.69. The summed E-state index contributed by atoms with van der Waals surface area (Å²) >= 11 is 0. The summed E-state index contributed by atoms with van der Waals surface area (Å²) in [5.74, 6) is 0.737. The molecule has 1 aromatic carbocycles. The first-order chi connectivity index (χ1) is 11.0. The lowest BCUT2D eigenvalue weighted by molar-refractivity contribution is -0.114. The predicted octanol–water partition coefficient (Wildman–Crippen LogP) is 2.53. The zero-order chi connectivity index (χ0) is 16.8. The van der Waals surface area contributed by atoms with E-state index in [1.807, 2.05) is 38.1 Å². The summed E-state index contributed by atoms with van der Waals surface area (Å²) < 4.78 is 0. The molecule has 0 fully saturated rings. The molecule has 0 aliphatic rings. The normalized spacial score (nSPS) is 12.0. The van der Waals surface area contributed by atoms with Gasteiger partial charge >= 0.3 is 0 Å². The average Bonchev–Trinajstić information content (AvgIpc) is 2.52. The van der Waals surface area contributed by atoms with Gasteiger partial charge in [-0.2, -0.15) is 0 Å². The molecule has 1 atom stereocenters. The molecule has 0 spiro atoms. The second-order valence-electron chi connectivity index (χ2n) is 5.69. The summed E-state index contributed by atoms with van der Waals surface area (Å²) in [6.45, 7) is 5.54. The monoisotopic (exact) mass is 314 g/mol. The van der Waals surface area contributed by atoms with Gasteiger partial charge in [-0.25, -0.2) is 4.98 Å². The van der Waals surface area contributed by atoms with Crippen LogP contribution in [0.25, 0.3) is 11.3 Å². The van der Waals surface area contributed by atoms with Gasteiger partial charge in [0.15, 0.2) is 5.82 Å². The molecule has 3 N–H and O–H groups in total. The number of aliphatic hydroxyl groups is 1. The molecule has 0 aliphatic heterocycles. The number of anilines is 2. The van der Waals surface area contributed by atoms with Crippen molar-refractivity contribution in [2.24, 2.45) is 5.92 Å². The Morgan fingerprint density at radius 1 is 1.26 bits per heavy atom. The molecule has 2 aromatic rings. The van der Waals surface area contributed by atoms with Crippen LogP contribution in [-0.4, -0.2) is 33.6 Å². The third-order valence-electron chi connectivity index (χ3n) is 3.48. The van der Waals surface area contributed by atoms with Crippen molar-refractivity contribution in [1.82, 2.24) is 9.97 Å². The zero-order valence-corrected chi connectivity index (χ0v) is 13.6. The van der Waals surface area contributed by atoms with Gasteiger partial charge in [0.25, 0.3) is 0 Å². The summed E-state index contributed by atoms with van der Waals surface area (Å²) in [6, 6.07) is 7.32. The SMILES string of the molecule is CC(=O)Nc1cccc(-c2nccnc2N[C@H](CO)C(C)C)c1. The highest BCUT2D eigenvalue weighted by Gasteiger charge is 2.16. The summed E-state index contributed by atoms with van der Waals surface area (Å²) in [6.07, 6.45) is 3.23. The number of hydrogen-bond acceptors (Lipinski definition) is 5. The Hall–Kier alpha value is -2.47. The first-order valence-corrected chi connectivity index (χ1v) is 7.57. The van der Waals surface area contributed by atoms with Gasteiger partial charge in [-0.3, -0.25) is 9.78 Å². The van der Waals surface area contributed by atoms with Crippen molar-refractivity contribution in [3.05, 3.63) is 36.7 Å². The third kappa shape index (κ3) is 4.50. The lowest BCUT2D eigenvalue weighted by Gasteiger charge is -2.21. The number of carbonyl (C=O) groups is 1. The predicted molar refractivity (Wildman–Crippen MR) is 91.1 cm³/mol. The van der Waals surface area contributed by atoms with E-state index in [-0.39, 0.29) is 24.5 Å². The van der Waals surface area contributed by atoms with Crippen LogP contribution in [0, 0.1) is 5.92 Å². The first-order valence-electron chi connectivity index (χ1n) is 7.57. The van der Waals surface area contributed by atoms with Gasteiger partial charge in [0, 0.05) is 30.6 Å². The van der Waals surface area contributed by atoms with Crippen molar-refractivity contribution < 1.29 is 9.90 Å². The number of nitrogens with zero attached hydrogens (tertiary/aromatic N) is 2. The van der Waals surface area contributed by atoms with Crippen LogP contribution in [0.2, 0.25) is 0 Å². The summed E-state index contributed by atoms with van der Waals surface area (Å²) in [5, 5.41) is 15.5. The largest absolute Gasteiger partial charge is 0.394 e. The van der Waals surface area contributed by atoms with Crippen molar-refractivity contribution in [3.8, 4) is 11.3 Å². The molecule has 0 bridgehead atoms. The number of hydrogen-bond donors (Lipinski definition) is 3. The van der Waals surface area contributed by atoms with Crippen LogP contribution in [0.15, 0.2) is 36.7 Å². The Balaban J connectivity index is 2.35. The number of amides is 1. The van der Waals surface area contributed by atoms with Crippen molar-refractivity contribution in [1.29, 1.82) is 0 Å². The molecule has 122 valence electrons. The molecule has 23 heavy (non-hydrogen) atoms. The molecule has 1 amide bonds. The fourth-order valence-corrected chi connectivity index (χ4v) is 2.20. The Morgan fingerprint density at radius 3 is 2.65 bits per heavy atom. The van der Waals surface area contributed by atoms with E-state index >= 15 is 0 Å². The molecule has 0 aliphatic carbocycles. The maximum atomic E-state index is 11.2. The summed E-state index contributed by atoms with van der Waals surface area (Å²) in [5.41, 5.74) is 2.22. The number of aromatic nitrogens is 2. The molecule has 1 heterocycles. The molecule has 0 radical (unpaired) electrons. The van der Waals surface area contributed by atoms with E-state index in [4.69, 9.17) is 0 Å². The zero-order valence-electron chi connectivity index (χ0n) is 13.6. The van der Waals surface area contributed by atoms with E-state index in [0.717, 1.165) is 5.56 Å². The van der Waals surface area contributed by atoms with Gasteiger partial charge in [-0.15, -0.1) is 0 Å². The Labute approximate surface area is 136 Å². The van der Waals surface area contributed by atoms with Gasteiger partial charge in [0.1, 0.15) is 5.69 Å². The van der Waals surface area contributed by atoms with Crippen LogP contribution < -0.4 is 10.6 Å². The highest BCUT2D eigenvalue weighted by atomic mass is 16.3. The molecule has 2 rings (SSSR count). The van der Waals surface area contributed by atoms with Gasteiger partial charge in [0.2, 0.25) is 5.91 Å². The molecular weight excluding hydrogens is 292 g/mol. The van der Waals surface area contributed by atoms with Gasteiger partial charge < -0.3 is 15.7 Å². The molecule has 0 unspecified atom stereocenters. The van der Waals surface area contributed by atoms with Gasteiger partial charge in [-0.1, -0.05) is 26.0 Å². The van der Waals surface area contributed by atoms with Crippen molar-refractivity contribution in [2.45, 2.75) is 26.8 Å². The van der Waals surface area contributed by atoms with E-state index < -0.39 is 0 Å². The van der Waals surface area contributed by atoms with Crippen LogP contribution in [0.4, 0.5) is 11.5 Å². The lowest BCUT2D eigenvalue weighted by Crippen LogP contribution is -2.30. The minimum atomic E-state index is -0.125. The Morgan fingerprint density at radius 2 is 2.00 bits per heavy atom. The maximum absolute atomic E-state index is 11.2. The van der Waals surface area contributed by atoms with E-state index in [0.29, 0.717) is 17.2 Å². The number of nitrogens with one attached hydrogen (secondary N) is 2. The molecule has 0 saturated carbocycles. The van der Waals surface area contributed by atoms with Crippen molar-refractivity contribution >= 4 is 17.4 Å². The molecular formula is C17H22N4O2. The molecule has 6 heteroatoms. The number of benzene rings is 1. The average molecular weight is 314 g/mol. The van der Waals surface area contributed by atoms with Crippen LogP contribution in [0.1, 0.15) is 20.8 Å². The Bertz CT molecular complexity index is 673. The lowest BCUT2D eigenvalue weighted by atomic mass is 10.0. The smallest absolute Gasteiger partial charge is 0.221 e. The number of aliphatic hydroxyl groups excluding tert-OH is 1. The summed E-state index contributed by atoms with van der Waals surface area (Å²) in [4.78, 5) is 19.9. The van der Waals surface area contributed by atoms with E-state index in [2.05, 4.69) is 20.6 Å². The van der Waals surface area contributed by atoms with E-state index in [1.54, 1.807) is 12.4 Å². The van der Waals surface area contributed by atoms with Crippen LogP contribution >= 0.6 is 0 Å². The highest BCUT2D eigenvalue weighted by molar-refractivity contribution is 5.89. The van der Waals surface area contributed by atoms with Crippen molar-refractivity contribution in [3.63, 3.8) is 0 Å². The van der Waals surface area contributed by atoms with Crippen LogP contribution in [-0.2, 0) is 4.79 Å². The number of carbonyl (C=O) groups excluding carboxylic acids is 1. The van der Waals surface area contributed by atoms with Crippen LogP contribution in [0.5, 0.6) is 0 Å². The fraction of sp³-hybridized carbons (Fsp3) is 0.353. The first kappa shape index (κ1) is 16.9. The topological polar surface area (TPSA) is 87.1 Å².